The first-order valence-corrected chi connectivity index (χ1v) is 6.72. The van der Waals surface area contributed by atoms with Gasteiger partial charge in [0.1, 0.15) is 11.4 Å². The fraction of sp³-hybridized carbons (Fsp3) is 0.250. The second kappa shape index (κ2) is 6.74. The molecule has 0 saturated heterocycles. The van der Waals surface area contributed by atoms with E-state index in [0.717, 1.165) is 23.3 Å². The van der Waals surface area contributed by atoms with Crippen molar-refractivity contribution in [2.75, 3.05) is 19.0 Å². The third kappa shape index (κ3) is 3.95. The summed E-state index contributed by atoms with van der Waals surface area (Å²) in [6.45, 7) is 2.48. The van der Waals surface area contributed by atoms with Crippen LogP contribution in [0.3, 0.4) is 0 Å². The summed E-state index contributed by atoms with van der Waals surface area (Å²) in [4.78, 5) is 10.7. The Kier molecular flexibility index (Phi) is 4.77. The second-order valence-electron chi connectivity index (χ2n) is 4.80. The van der Waals surface area contributed by atoms with Gasteiger partial charge in [0, 0.05) is 12.6 Å². The highest BCUT2D eigenvalue weighted by Crippen LogP contribution is 2.25. The summed E-state index contributed by atoms with van der Waals surface area (Å²) < 4.78 is 5.11. The number of aryl methyl sites for hydroxylation is 1. The predicted molar refractivity (Wildman–Crippen MR) is 83.0 cm³/mol. The molecular weight excluding hydrogens is 268 g/mol. The molecule has 110 valence electrons. The Hall–Kier alpha value is -2.56. The van der Waals surface area contributed by atoms with Crippen LogP contribution in [0.25, 0.3) is 0 Å². The van der Waals surface area contributed by atoms with Crippen LogP contribution in [0.1, 0.15) is 11.1 Å². The van der Waals surface area contributed by atoms with E-state index < -0.39 is 0 Å². The number of ether oxygens (including phenoxy) is 1. The molecule has 0 saturated carbocycles. The van der Waals surface area contributed by atoms with Gasteiger partial charge in [-0.15, -0.1) is 0 Å². The zero-order chi connectivity index (χ0) is 15.2. The van der Waals surface area contributed by atoms with Gasteiger partial charge in [0.25, 0.3) is 5.69 Å². The molecule has 5 heteroatoms. The Balaban J connectivity index is 1.98. The van der Waals surface area contributed by atoms with Crippen molar-refractivity contribution in [3.05, 3.63) is 63.7 Å². The molecule has 1 N–H and O–H groups in total. The monoisotopic (exact) mass is 286 g/mol. The van der Waals surface area contributed by atoms with Crippen molar-refractivity contribution >= 4 is 11.4 Å². The molecule has 2 aromatic rings. The molecular formula is C16H18N2O3. The molecule has 5 nitrogen and oxygen atoms in total. The van der Waals surface area contributed by atoms with Gasteiger partial charge < -0.3 is 10.1 Å². The summed E-state index contributed by atoms with van der Waals surface area (Å²) in [5.74, 6) is 0.820. The van der Waals surface area contributed by atoms with E-state index in [-0.39, 0.29) is 10.6 Å². The molecule has 0 fully saturated rings. The highest BCUT2D eigenvalue weighted by atomic mass is 16.6. The number of nitro benzene ring substituents is 1. The molecule has 0 unspecified atom stereocenters. The molecule has 0 aromatic heterocycles. The number of rotatable bonds is 6. The van der Waals surface area contributed by atoms with Gasteiger partial charge in [-0.3, -0.25) is 10.1 Å². The van der Waals surface area contributed by atoms with Crippen molar-refractivity contribution in [2.24, 2.45) is 0 Å². The van der Waals surface area contributed by atoms with Crippen LogP contribution in [0.2, 0.25) is 0 Å². The lowest BCUT2D eigenvalue weighted by Crippen LogP contribution is -2.07. The van der Waals surface area contributed by atoms with Crippen LogP contribution in [-0.4, -0.2) is 18.6 Å². The number of anilines is 1. The standard InChI is InChI=1S/C16H18N2O3/c1-12-3-8-15(16(11-12)18(19)20)17-10-9-13-4-6-14(21-2)7-5-13/h3-8,11,17H,9-10H2,1-2H3. The van der Waals surface area contributed by atoms with Crippen molar-refractivity contribution in [1.29, 1.82) is 0 Å². The van der Waals surface area contributed by atoms with Crippen LogP contribution in [-0.2, 0) is 6.42 Å². The van der Waals surface area contributed by atoms with Crippen molar-refractivity contribution in [1.82, 2.24) is 0 Å². The van der Waals surface area contributed by atoms with Crippen molar-refractivity contribution < 1.29 is 9.66 Å². The third-order valence-electron chi connectivity index (χ3n) is 3.24. The van der Waals surface area contributed by atoms with Crippen LogP contribution in [0.15, 0.2) is 42.5 Å². The molecule has 0 amide bonds. The van der Waals surface area contributed by atoms with Gasteiger partial charge in [-0.25, -0.2) is 0 Å². The Labute approximate surface area is 123 Å². The van der Waals surface area contributed by atoms with Gasteiger partial charge in [0.15, 0.2) is 0 Å². The largest absolute Gasteiger partial charge is 0.497 e. The maximum Gasteiger partial charge on any atom is 0.292 e. The van der Waals surface area contributed by atoms with Crippen molar-refractivity contribution in [2.45, 2.75) is 13.3 Å². The number of hydrogen-bond donors (Lipinski definition) is 1. The summed E-state index contributed by atoms with van der Waals surface area (Å²) in [5.41, 5.74) is 2.70. The highest BCUT2D eigenvalue weighted by molar-refractivity contribution is 5.62. The number of benzene rings is 2. The minimum absolute atomic E-state index is 0.115. The Morgan fingerprint density at radius 2 is 1.90 bits per heavy atom. The van der Waals surface area contributed by atoms with Crippen LogP contribution in [0, 0.1) is 17.0 Å². The van der Waals surface area contributed by atoms with E-state index in [9.17, 15) is 10.1 Å². The maximum absolute atomic E-state index is 11.0. The minimum Gasteiger partial charge on any atom is -0.497 e. The lowest BCUT2D eigenvalue weighted by Gasteiger charge is -2.08. The lowest BCUT2D eigenvalue weighted by atomic mass is 10.1. The van der Waals surface area contributed by atoms with E-state index in [2.05, 4.69) is 5.32 Å². The summed E-state index contributed by atoms with van der Waals surface area (Å²) in [5, 5.41) is 14.2. The quantitative estimate of drug-likeness (QED) is 0.651. The molecule has 0 atom stereocenters. The average molecular weight is 286 g/mol. The van der Waals surface area contributed by atoms with E-state index in [0.29, 0.717) is 12.2 Å². The SMILES string of the molecule is COc1ccc(CCNc2ccc(C)cc2[N+](=O)[O-])cc1. The van der Waals surface area contributed by atoms with Gasteiger partial charge in [-0.1, -0.05) is 18.2 Å². The zero-order valence-corrected chi connectivity index (χ0v) is 12.1. The van der Waals surface area contributed by atoms with Crippen molar-refractivity contribution in [3.63, 3.8) is 0 Å². The summed E-state index contributed by atoms with van der Waals surface area (Å²) in [7, 11) is 1.63. The number of nitrogens with one attached hydrogen (secondary N) is 1. The molecule has 21 heavy (non-hydrogen) atoms. The second-order valence-corrected chi connectivity index (χ2v) is 4.80. The Bertz CT molecular complexity index is 624. The fourth-order valence-electron chi connectivity index (χ4n) is 2.08. The molecule has 0 spiro atoms. The van der Waals surface area contributed by atoms with Gasteiger partial charge in [0.05, 0.1) is 12.0 Å². The van der Waals surface area contributed by atoms with E-state index in [1.807, 2.05) is 37.3 Å². The average Bonchev–Trinajstić information content (AvgIpc) is 2.49. The molecule has 0 aliphatic heterocycles. The van der Waals surface area contributed by atoms with E-state index in [4.69, 9.17) is 4.74 Å². The number of hydrogen-bond acceptors (Lipinski definition) is 4. The highest BCUT2D eigenvalue weighted by Gasteiger charge is 2.12. The smallest absolute Gasteiger partial charge is 0.292 e. The van der Waals surface area contributed by atoms with Crippen molar-refractivity contribution in [3.8, 4) is 5.75 Å². The van der Waals surface area contributed by atoms with Crippen LogP contribution >= 0.6 is 0 Å². The number of nitro groups is 1. The topological polar surface area (TPSA) is 64.4 Å². The lowest BCUT2D eigenvalue weighted by molar-refractivity contribution is -0.384. The predicted octanol–water partition coefficient (Wildman–Crippen LogP) is 3.57. The first-order valence-electron chi connectivity index (χ1n) is 6.72. The molecule has 0 aliphatic carbocycles. The van der Waals surface area contributed by atoms with Crippen LogP contribution in [0.5, 0.6) is 5.75 Å². The van der Waals surface area contributed by atoms with E-state index >= 15 is 0 Å². The van der Waals surface area contributed by atoms with Gasteiger partial charge in [-0.05, 0) is 42.7 Å². The van der Waals surface area contributed by atoms with Crippen LogP contribution in [0.4, 0.5) is 11.4 Å². The number of methoxy groups -OCH3 is 1. The third-order valence-corrected chi connectivity index (χ3v) is 3.24. The molecule has 0 bridgehead atoms. The van der Waals surface area contributed by atoms with E-state index in [1.54, 1.807) is 19.2 Å². The number of nitrogens with zero attached hydrogens (tertiary/aromatic N) is 1. The Morgan fingerprint density at radius 1 is 1.19 bits per heavy atom. The first-order chi connectivity index (χ1) is 10.1. The summed E-state index contributed by atoms with van der Waals surface area (Å²) in [6, 6.07) is 13.0. The molecule has 0 heterocycles. The fourth-order valence-corrected chi connectivity index (χ4v) is 2.08. The molecule has 0 radical (unpaired) electrons. The van der Waals surface area contributed by atoms with Crippen LogP contribution < -0.4 is 10.1 Å². The zero-order valence-electron chi connectivity index (χ0n) is 12.1. The normalized spacial score (nSPS) is 10.2. The maximum atomic E-state index is 11.0. The molecule has 0 aliphatic rings. The summed E-state index contributed by atoms with van der Waals surface area (Å²) >= 11 is 0. The molecule has 2 aromatic carbocycles. The summed E-state index contributed by atoms with van der Waals surface area (Å²) in [6.07, 6.45) is 0.787. The Morgan fingerprint density at radius 3 is 2.52 bits per heavy atom. The first kappa shape index (κ1) is 14.8. The van der Waals surface area contributed by atoms with Gasteiger partial charge in [-0.2, -0.15) is 0 Å². The molecule has 2 rings (SSSR count). The van der Waals surface area contributed by atoms with Gasteiger partial charge >= 0.3 is 0 Å². The van der Waals surface area contributed by atoms with Gasteiger partial charge in [0.2, 0.25) is 0 Å². The minimum atomic E-state index is -0.358. The van der Waals surface area contributed by atoms with E-state index in [1.165, 1.54) is 0 Å².